The molecule has 0 aliphatic carbocycles. The molecule has 3 heteroatoms. The van der Waals surface area contributed by atoms with E-state index in [-0.39, 0.29) is 0 Å². The predicted molar refractivity (Wildman–Crippen MR) is 76.1 cm³/mol. The molecule has 2 aromatic carbocycles. The summed E-state index contributed by atoms with van der Waals surface area (Å²) < 4.78 is 0. The third kappa shape index (κ3) is 3.04. The van der Waals surface area contributed by atoms with Gasteiger partial charge in [-0.2, -0.15) is 0 Å². The van der Waals surface area contributed by atoms with Crippen molar-refractivity contribution in [1.29, 1.82) is 0 Å². The zero-order valence-corrected chi connectivity index (χ0v) is 10.4. The molecule has 0 amide bonds. The van der Waals surface area contributed by atoms with E-state index < -0.39 is 0 Å². The van der Waals surface area contributed by atoms with Crippen LogP contribution >= 0.6 is 12.2 Å². The van der Waals surface area contributed by atoms with E-state index in [1.165, 1.54) is 5.56 Å². The molecule has 2 N–H and O–H groups in total. The van der Waals surface area contributed by atoms with E-state index in [2.05, 4.69) is 23.8 Å². The van der Waals surface area contributed by atoms with Crippen LogP contribution in [0, 0.1) is 6.92 Å². The van der Waals surface area contributed by atoms with Crippen LogP contribution in [0.15, 0.2) is 54.6 Å². The predicted octanol–water partition coefficient (Wildman–Crippen LogP) is 3.29. The quantitative estimate of drug-likeness (QED) is 0.638. The monoisotopic (exact) mass is 242 g/mol. The third-order valence-corrected chi connectivity index (χ3v) is 2.83. The van der Waals surface area contributed by atoms with Crippen molar-refractivity contribution in [1.82, 2.24) is 5.43 Å². The third-order valence-electron chi connectivity index (χ3n) is 2.49. The summed E-state index contributed by atoms with van der Waals surface area (Å²) in [5.74, 6) is 0. The molecule has 17 heavy (non-hydrogen) atoms. The summed E-state index contributed by atoms with van der Waals surface area (Å²) in [4.78, 5) is 0.689. The van der Waals surface area contributed by atoms with Gasteiger partial charge < -0.3 is 0 Å². The van der Waals surface area contributed by atoms with Crippen molar-refractivity contribution >= 4 is 22.9 Å². The van der Waals surface area contributed by atoms with Gasteiger partial charge in [0, 0.05) is 5.56 Å². The van der Waals surface area contributed by atoms with E-state index in [1.807, 2.05) is 48.5 Å². The van der Waals surface area contributed by atoms with Gasteiger partial charge in [-0.1, -0.05) is 60.7 Å². The normalized spacial score (nSPS) is 9.71. The van der Waals surface area contributed by atoms with Crippen LogP contribution < -0.4 is 10.9 Å². The Morgan fingerprint density at radius 3 is 2.29 bits per heavy atom. The maximum Gasteiger partial charge on any atom is 0.125 e. The Balaban J connectivity index is 2.00. The highest BCUT2D eigenvalue weighted by Gasteiger charge is 2.00. The van der Waals surface area contributed by atoms with Crippen molar-refractivity contribution in [2.75, 3.05) is 5.43 Å². The maximum absolute atomic E-state index is 5.29. The van der Waals surface area contributed by atoms with Crippen LogP contribution in [0.25, 0.3) is 0 Å². The first-order valence-electron chi connectivity index (χ1n) is 5.44. The number of thiocarbonyl (C=S) groups is 1. The molecule has 0 saturated heterocycles. The van der Waals surface area contributed by atoms with E-state index in [4.69, 9.17) is 12.2 Å². The molecule has 2 rings (SSSR count). The van der Waals surface area contributed by atoms with Gasteiger partial charge in [0.2, 0.25) is 0 Å². The second kappa shape index (κ2) is 5.46. The molecule has 0 spiro atoms. The van der Waals surface area contributed by atoms with Crippen molar-refractivity contribution in [3.8, 4) is 0 Å². The van der Waals surface area contributed by atoms with Crippen LogP contribution in [-0.2, 0) is 0 Å². The molecule has 2 aromatic rings. The van der Waals surface area contributed by atoms with Crippen LogP contribution in [-0.4, -0.2) is 4.99 Å². The largest absolute Gasteiger partial charge is 0.300 e. The molecular weight excluding hydrogens is 228 g/mol. The summed E-state index contributed by atoms with van der Waals surface area (Å²) in [6.07, 6.45) is 0. The van der Waals surface area contributed by atoms with Gasteiger partial charge in [0.15, 0.2) is 0 Å². The lowest BCUT2D eigenvalue weighted by Gasteiger charge is -2.12. The van der Waals surface area contributed by atoms with Crippen molar-refractivity contribution in [2.45, 2.75) is 6.92 Å². The second-order valence-electron chi connectivity index (χ2n) is 3.76. The lowest BCUT2D eigenvalue weighted by atomic mass is 10.2. The molecule has 0 bridgehead atoms. The van der Waals surface area contributed by atoms with Gasteiger partial charge in [0.05, 0.1) is 5.69 Å². The average Bonchev–Trinajstić information content (AvgIpc) is 2.38. The van der Waals surface area contributed by atoms with Crippen molar-refractivity contribution in [3.05, 3.63) is 65.7 Å². The van der Waals surface area contributed by atoms with Crippen molar-refractivity contribution < 1.29 is 0 Å². The minimum absolute atomic E-state index is 0.689. The molecule has 0 radical (unpaired) electrons. The lowest BCUT2D eigenvalue weighted by Crippen LogP contribution is -2.28. The van der Waals surface area contributed by atoms with Crippen LogP contribution in [0.1, 0.15) is 11.1 Å². The Kier molecular flexibility index (Phi) is 3.73. The van der Waals surface area contributed by atoms with E-state index in [0.29, 0.717) is 4.99 Å². The number of rotatable bonds is 3. The van der Waals surface area contributed by atoms with Gasteiger partial charge >= 0.3 is 0 Å². The first kappa shape index (κ1) is 11.6. The van der Waals surface area contributed by atoms with Crippen LogP contribution in [0.3, 0.4) is 0 Å². The number of para-hydroxylation sites is 1. The fraction of sp³-hybridized carbons (Fsp3) is 0.0714. The Labute approximate surface area is 107 Å². The highest BCUT2D eigenvalue weighted by molar-refractivity contribution is 7.80. The Bertz CT molecular complexity index is 509. The number of benzene rings is 2. The summed E-state index contributed by atoms with van der Waals surface area (Å²) in [6, 6.07) is 17.9. The first-order valence-corrected chi connectivity index (χ1v) is 5.85. The van der Waals surface area contributed by atoms with Gasteiger partial charge in [-0.05, 0) is 18.6 Å². The zero-order chi connectivity index (χ0) is 12.1. The molecule has 0 aromatic heterocycles. The summed E-state index contributed by atoms with van der Waals surface area (Å²) in [6.45, 7) is 2.05. The molecule has 86 valence electrons. The SMILES string of the molecule is Cc1ccccc1NNC(=S)c1ccccc1. The van der Waals surface area contributed by atoms with Crippen LogP contribution in [0.2, 0.25) is 0 Å². The van der Waals surface area contributed by atoms with Gasteiger partial charge in [0.1, 0.15) is 4.99 Å². The molecule has 0 aliphatic heterocycles. The zero-order valence-electron chi connectivity index (χ0n) is 9.60. The van der Waals surface area contributed by atoms with Crippen LogP contribution in [0.4, 0.5) is 5.69 Å². The molecular formula is C14H14N2S. The number of hydrazine groups is 1. The van der Waals surface area contributed by atoms with Gasteiger partial charge in [-0.3, -0.25) is 10.9 Å². The van der Waals surface area contributed by atoms with E-state index >= 15 is 0 Å². The molecule has 2 nitrogen and oxygen atoms in total. The number of nitrogens with one attached hydrogen (secondary N) is 2. The van der Waals surface area contributed by atoms with E-state index in [1.54, 1.807) is 0 Å². The number of hydrogen-bond acceptors (Lipinski definition) is 2. The molecule has 0 heterocycles. The minimum Gasteiger partial charge on any atom is -0.300 e. The topological polar surface area (TPSA) is 24.1 Å². The fourth-order valence-electron chi connectivity index (χ4n) is 1.50. The Morgan fingerprint density at radius 1 is 0.941 bits per heavy atom. The summed E-state index contributed by atoms with van der Waals surface area (Å²) in [5.41, 5.74) is 9.37. The smallest absolute Gasteiger partial charge is 0.125 e. The minimum atomic E-state index is 0.689. The number of hydrogen-bond donors (Lipinski definition) is 2. The van der Waals surface area contributed by atoms with E-state index in [0.717, 1.165) is 11.3 Å². The van der Waals surface area contributed by atoms with E-state index in [9.17, 15) is 0 Å². The number of anilines is 1. The molecule has 0 unspecified atom stereocenters. The molecule has 0 aliphatic rings. The summed E-state index contributed by atoms with van der Waals surface area (Å²) in [5, 5.41) is 0. The average molecular weight is 242 g/mol. The summed E-state index contributed by atoms with van der Waals surface area (Å²) in [7, 11) is 0. The lowest BCUT2D eigenvalue weighted by molar-refractivity contribution is 1.13. The molecule has 0 atom stereocenters. The second-order valence-corrected chi connectivity index (χ2v) is 4.17. The van der Waals surface area contributed by atoms with Gasteiger partial charge in [-0.25, -0.2) is 0 Å². The fourth-order valence-corrected chi connectivity index (χ4v) is 1.69. The van der Waals surface area contributed by atoms with Crippen LogP contribution in [0.5, 0.6) is 0 Å². The van der Waals surface area contributed by atoms with Gasteiger partial charge in [-0.15, -0.1) is 0 Å². The summed E-state index contributed by atoms with van der Waals surface area (Å²) >= 11 is 5.29. The Morgan fingerprint density at radius 2 is 1.59 bits per heavy atom. The molecule has 0 saturated carbocycles. The highest BCUT2D eigenvalue weighted by Crippen LogP contribution is 2.11. The van der Waals surface area contributed by atoms with Crippen molar-refractivity contribution in [3.63, 3.8) is 0 Å². The van der Waals surface area contributed by atoms with Gasteiger partial charge in [0.25, 0.3) is 0 Å². The van der Waals surface area contributed by atoms with Crippen molar-refractivity contribution in [2.24, 2.45) is 0 Å². The highest BCUT2D eigenvalue weighted by atomic mass is 32.1. The first-order chi connectivity index (χ1) is 8.27. The number of aryl methyl sites for hydroxylation is 1. The molecule has 0 fully saturated rings. The standard InChI is InChI=1S/C14H14N2S/c1-11-7-5-6-10-13(11)15-16-14(17)12-8-3-2-4-9-12/h2-10,15H,1H3,(H,16,17). The Hall–Kier alpha value is -1.87. The maximum atomic E-state index is 5.29.